The van der Waals surface area contributed by atoms with Crippen molar-refractivity contribution in [3.8, 4) is 11.1 Å². The molecule has 13 heteroatoms. The van der Waals surface area contributed by atoms with Crippen LogP contribution in [-0.4, -0.2) is 86.0 Å². The number of hydrogen-bond donors (Lipinski definition) is 2. The Balaban J connectivity index is 1.50. The number of carbonyl (C=O) groups excluding carboxylic acids is 1. The number of likely N-dealkylation sites (N-methyl/N-ethyl adjacent to an activating group) is 1. The number of amides is 1. The summed E-state index contributed by atoms with van der Waals surface area (Å²) in [5, 5.41) is 5.19. The highest BCUT2D eigenvalue weighted by molar-refractivity contribution is 6.09. The summed E-state index contributed by atoms with van der Waals surface area (Å²) in [6.45, 7) is 9.66. The lowest BCUT2D eigenvalue weighted by molar-refractivity contribution is -0.115. The molecule has 0 unspecified atom stereocenters. The van der Waals surface area contributed by atoms with Crippen molar-refractivity contribution in [2.24, 2.45) is 0 Å². The molecule has 2 aromatic rings. The number of carbonyl (C=O) groups is 1. The summed E-state index contributed by atoms with van der Waals surface area (Å²) in [6, 6.07) is 2.85. The molecule has 1 aromatic heterocycles. The third-order valence-electron chi connectivity index (χ3n) is 7.44. The van der Waals surface area contributed by atoms with E-state index in [4.69, 9.17) is 4.74 Å². The number of anilines is 3. The van der Waals surface area contributed by atoms with Crippen molar-refractivity contribution in [3.05, 3.63) is 66.0 Å². The third-order valence-corrected chi connectivity index (χ3v) is 7.44. The van der Waals surface area contributed by atoms with Crippen LogP contribution in [0.1, 0.15) is 6.92 Å². The van der Waals surface area contributed by atoms with Gasteiger partial charge in [0.25, 0.3) is 5.91 Å². The number of morpholine rings is 1. The van der Waals surface area contributed by atoms with Gasteiger partial charge in [-0.1, -0.05) is 6.58 Å². The van der Waals surface area contributed by atoms with Gasteiger partial charge in [-0.2, -0.15) is 13.2 Å². The fourth-order valence-corrected chi connectivity index (χ4v) is 4.95. The van der Waals surface area contributed by atoms with Gasteiger partial charge in [0.15, 0.2) is 0 Å². The summed E-state index contributed by atoms with van der Waals surface area (Å²) in [4.78, 5) is 28.1. The first-order valence-electron chi connectivity index (χ1n) is 13.2. The van der Waals surface area contributed by atoms with Gasteiger partial charge in [0, 0.05) is 74.2 Å². The highest BCUT2D eigenvalue weighted by Crippen LogP contribution is 2.38. The number of nitrogens with one attached hydrogen (secondary N) is 2. The van der Waals surface area contributed by atoms with Crippen LogP contribution in [0.15, 0.2) is 60.2 Å². The molecule has 41 heavy (non-hydrogen) atoms. The van der Waals surface area contributed by atoms with Gasteiger partial charge in [0.05, 0.1) is 35.7 Å². The van der Waals surface area contributed by atoms with E-state index in [0.29, 0.717) is 63.1 Å². The predicted molar refractivity (Wildman–Crippen MR) is 148 cm³/mol. The molecule has 2 N–H and O–H groups in total. The maximum atomic E-state index is 15.6. The second-order valence-electron chi connectivity index (χ2n) is 10.2. The number of benzene rings is 1. The molecule has 1 amide bonds. The van der Waals surface area contributed by atoms with E-state index in [2.05, 4.69) is 32.1 Å². The van der Waals surface area contributed by atoms with Gasteiger partial charge < -0.3 is 30.1 Å². The second-order valence-corrected chi connectivity index (χ2v) is 10.2. The van der Waals surface area contributed by atoms with Crippen molar-refractivity contribution in [1.29, 1.82) is 0 Å². The Bertz CT molecular complexity index is 1390. The number of halogens is 4. The molecule has 0 saturated carbocycles. The van der Waals surface area contributed by atoms with Crippen LogP contribution in [-0.2, 0) is 9.53 Å². The van der Waals surface area contributed by atoms with Crippen LogP contribution in [0.25, 0.3) is 11.1 Å². The Hall–Kier alpha value is -3.97. The summed E-state index contributed by atoms with van der Waals surface area (Å²) in [7, 11) is 1.98. The summed E-state index contributed by atoms with van der Waals surface area (Å²) in [5.74, 6) is -1.08. The highest BCUT2D eigenvalue weighted by Gasteiger charge is 2.40. The summed E-state index contributed by atoms with van der Waals surface area (Å²) >= 11 is 0. The molecule has 0 aliphatic carbocycles. The Morgan fingerprint density at radius 3 is 2.49 bits per heavy atom. The smallest absolute Gasteiger partial charge is 0.378 e. The van der Waals surface area contributed by atoms with Gasteiger partial charge in [-0.05, 0) is 32.2 Å². The first kappa shape index (κ1) is 28.6. The standard InChI is InChI=1S/C28H31F4N7O2/c1-17-10-22(28(30,31)32)21(15-33-17)26(40)36-24-11-20(19-13-34-27(35-14-19)38-6-8-41-9-7-38)23(29)12-25(24)39-5-4-37(3)18(2)16-39/h10-15,18,33H,1,4-9,16H2,2-3H3,(H,36,40)/t18-/m1/s1. The Morgan fingerprint density at radius 1 is 1.12 bits per heavy atom. The number of ether oxygens (including phenoxy) is 1. The number of rotatable bonds is 5. The van der Waals surface area contributed by atoms with Gasteiger partial charge in [-0.3, -0.25) is 4.79 Å². The molecule has 9 nitrogen and oxygen atoms in total. The lowest BCUT2D eigenvalue weighted by Crippen LogP contribution is -2.50. The molecule has 3 aliphatic rings. The molecule has 2 fully saturated rings. The molecule has 1 atom stereocenters. The minimum atomic E-state index is -4.78. The number of nitrogens with zero attached hydrogens (tertiary/aromatic N) is 5. The van der Waals surface area contributed by atoms with E-state index in [1.807, 2.05) is 23.8 Å². The fourth-order valence-electron chi connectivity index (χ4n) is 4.95. The van der Waals surface area contributed by atoms with Crippen LogP contribution < -0.4 is 20.4 Å². The predicted octanol–water partition coefficient (Wildman–Crippen LogP) is 3.69. The minimum absolute atomic E-state index is 0.00517. The quantitative estimate of drug-likeness (QED) is 0.525. The van der Waals surface area contributed by atoms with Gasteiger partial charge in [0.2, 0.25) is 5.95 Å². The number of aromatic nitrogens is 2. The van der Waals surface area contributed by atoms with E-state index in [1.165, 1.54) is 24.5 Å². The molecular weight excluding hydrogens is 542 g/mol. The molecule has 0 radical (unpaired) electrons. The van der Waals surface area contributed by atoms with Crippen molar-refractivity contribution in [2.45, 2.75) is 19.1 Å². The lowest BCUT2D eigenvalue weighted by atomic mass is 10.0. The van der Waals surface area contributed by atoms with Crippen molar-refractivity contribution < 1.29 is 27.1 Å². The molecule has 0 spiro atoms. The van der Waals surface area contributed by atoms with Gasteiger partial charge in [-0.25, -0.2) is 14.4 Å². The summed E-state index contributed by atoms with van der Waals surface area (Å²) in [5.41, 5.74) is -0.710. The average Bonchev–Trinajstić information content (AvgIpc) is 2.95. The van der Waals surface area contributed by atoms with Crippen molar-refractivity contribution in [2.75, 3.05) is 68.1 Å². The normalized spacial score (nSPS) is 20.3. The van der Waals surface area contributed by atoms with E-state index in [1.54, 1.807) is 0 Å². The zero-order valence-corrected chi connectivity index (χ0v) is 22.8. The van der Waals surface area contributed by atoms with Crippen LogP contribution in [0.5, 0.6) is 0 Å². The van der Waals surface area contributed by atoms with Gasteiger partial charge in [0.1, 0.15) is 5.82 Å². The van der Waals surface area contributed by atoms with Crippen molar-refractivity contribution >= 4 is 23.2 Å². The van der Waals surface area contributed by atoms with E-state index < -0.39 is 29.0 Å². The van der Waals surface area contributed by atoms with Crippen LogP contribution in [0, 0.1) is 5.82 Å². The monoisotopic (exact) mass is 573 g/mol. The molecule has 3 aliphatic heterocycles. The number of dihydropyridines is 1. The fraction of sp³-hybridized carbons (Fsp3) is 0.393. The first-order valence-corrected chi connectivity index (χ1v) is 13.2. The van der Waals surface area contributed by atoms with E-state index in [0.717, 1.165) is 12.3 Å². The molecule has 5 rings (SSSR count). The number of hydrogen-bond acceptors (Lipinski definition) is 8. The Morgan fingerprint density at radius 2 is 1.83 bits per heavy atom. The lowest BCUT2D eigenvalue weighted by Gasteiger charge is -2.39. The molecule has 218 valence electrons. The topological polar surface area (TPSA) is 85.9 Å². The molecule has 4 heterocycles. The molecule has 2 saturated heterocycles. The van der Waals surface area contributed by atoms with E-state index in [-0.39, 0.29) is 23.0 Å². The van der Waals surface area contributed by atoms with Crippen molar-refractivity contribution in [1.82, 2.24) is 20.2 Å². The zero-order valence-electron chi connectivity index (χ0n) is 22.8. The summed E-state index contributed by atoms with van der Waals surface area (Å²) < 4.78 is 62.3. The second kappa shape index (κ2) is 11.5. The maximum absolute atomic E-state index is 15.6. The first-order chi connectivity index (χ1) is 19.5. The molecule has 0 bridgehead atoms. The number of piperazine rings is 1. The summed E-state index contributed by atoms with van der Waals surface area (Å²) in [6.07, 6.45) is -0.0498. The molecule has 1 aromatic carbocycles. The zero-order chi connectivity index (χ0) is 29.3. The van der Waals surface area contributed by atoms with Crippen LogP contribution >= 0.6 is 0 Å². The van der Waals surface area contributed by atoms with Crippen molar-refractivity contribution in [3.63, 3.8) is 0 Å². The number of alkyl halides is 3. The SMILES string of the molecule is C=C1C=C(C(F)(F)F)C(C(=O)Nc2cc(-c3cnc(N4CCOCC4)nc3)c(F)cc2N2CCN(C)[C@H](C)C2)=CN1. The maximum Gasteiger partial charge on any atom is 0.417 e. The third kappa shape index (κ3) is 6.20. The van der Waals surface area contributed by atoms with Gasteiger partial charge in [-0.15, -0.1) is 0 Å². The Labute approximate surface area is 235 Å². The number of allylic oxidation sites excluding steroid dienone is 1. The highest BCUT2D eigenvalue weighted by atomic mass is 19.4. The average molecular weight is 574 g/mol. The van der Waals surface area contributed by atoms with Gasteiger partial charge >= 0.3 is 6.18 Å². The minimum Gasteiger partial charge on any atom is -0.378 e. The van der Waals surface area contributed by atoms with Crippen LogP contribution in [0.2, 0.25) is 0 Å². The van der Waals surface area contributed by atoms with E-state index >= 15 is 4.39 Å². The Kier molecular flexibility index (Phi) is 8.00. The molecular formula is C28H31F4N7O2. The van der Waals surface area contributed by atoms with Crippen LogP contribution in [0.4, 0.5) is 34.9 Å². The largest absolute Gasteiger partial charge is 0.417 e. The van der Waals surface area contributed by atoms with Crippen LogP contribution in [0.3, 0.4) is 0 Å². The van der Waals surface area contributed by atoms with E-state index in [9.17, 15) is 18.0 Å².